The number of aryl methyl sites for hydroxylation is 1. The third-order valence-corrected chi connectivity index (χ3v) is 4.80. The third-order valence-electron chi connectivity index (χ3n) is 3.22. The maximum absolute atomic E-state index is 12.2. The third kappa shape index (κ3) is 5.04. The molecule has 0 radical (unpaired) electrons. The normalized spacial score (nSPS) is 11.1. The zero-order valence-electron chi connectivity index (χ0n) is 12.9. The molecule has 7 heteroatoms. The Hall–Kier alpha value is -1.92. The standard InChI is InChI=1S/C16H18ClNO4S/c1-21-14-5-3-4-12(10-14)8-9-23(19,20)18-13-6-7-16(22-2)15(17)11-13/h3-7,10-11,18H,8-9H2,1-2H3. The highest BCUT2D eigenvalue weighted by Crippen LogP contribution is 2.27. The van der Waals surface area contributed by atoms with E-state index < -0.39 is 10.0 Å². The number of ether oxygens (including phenoxy) is 2. The molecule has 1 N–H and O–H groups in total. The lowest BCUT2D eigenvalue weighted by Gasteiger charge is -2.10. The number of nitrogens with one attached hydrogen (secondary N) is 1. The number of hydrogen-bond acceptors (Lipinski definition) is 4. The van der Waals surface area contributed by atoms with Gasteiger partial charge < -0.3 is 9.47 Å². The topological polar surface area (TPSA) is 64.6 Å². The molecule has 0 heterocycles. The molecule has 0 bridgehead atoms. The zero-order valence-corrected chi connectivity index (χ0v) is 14.4. The van der Waals surface area contributed by atoms with Gasteiger partial charge in [0.15, 0.2) is 0 Å². The minimum absolute atomic E-state index is 0.0379. The second-order valence-corrected chi connectivity index (χ2v) is 7.12. The second-order valence-electron chi connectivity index (χ2n) is 4.87. The van der Waals surface area contributed by atoms with Crippen molar-refractivity contribution in [2.45, 2.75) is 6.42 Å². The van der Waals surface area contributed by atoms with Crippen molar-refractivity contribution in [2.24, 2.45) is 0 Å². The Morgan fingerprint density at radius 3 is 2.52 bits per heavy atom. The van der Waals surface area contributed by atoms with Crippen LogP contribution in [0.3, 0.4) is 0 Å². The highest BCUT2D eigenvalue weighted by atomic mass is 35.5. The van der Waals surface area contributed by atoms with Gasteiger partial charge in [0.25, 0.3) is 0 Å². The van der Waals surface area contributed by atoms with Gasteiger partial charge in [-0.1, -0.05) is 23.7 Å². The average molecular weight is 356 g/mol. The quantitative estimate of drug-likeness (QED) is 0.827. The predicted octanol–water partition coefficient (Wildman–Crippen LogP) is 3.34. The van der Waals surface area contributed by atoms with Crippen molar-refractivity contribution in [1.82, 2.24) is 0 Å². The zero-order chi connectivity index (χ0) is 16.9. The number of hydrogen-bond donors (Lipinski definition) is 1. The SMILES string of the molecule is COc1cccc(CCS(=O)(=O)Nc2ccc(OC)c(Cl)c2)c1. The average Bonchev–Trinajstić information content (AvgIpc) is 2.53. The first-order valence-corrected chi connectivity index (χ1v) is 8.93. The minimum atomic E-state index is -3.48. The van der Waals surface area contributed by atoms with Crippen molar-refractivity contribution >= 4 is 27.3 Å². The molecule has 0 aliphatic carbocycles. The van der Waals surface area contributed by atoms with E-state index in [2.05, 4.69) is 4.72 Å². The summed E-state index contributed by atoms with van der Waals surface area (Å²) in [5.41, 5.74) is 1.30. The molecule has 2 aromatic rings. The Balaban J connectivity index is 2.02. The molecule has 0 saturated heterocycles. The van der Waals surface area contributed by atoms with Crippen molar-refractivity contribution in [1.29, 1.82) is 0 Å². The fraction of sp³-hybridized carbons (Fsp3) is 0.250. The molecule has 2 rings (SSSR count). The van der Waals surface area contributed by atoms with Crippen LogP contribution in [0.1, 0.15) is 5.56 Å². The molecule has 0 aromatic heterocycles. The number of rotatable bonds is 7. The lowest BCUT2D eigenvalue weighted by atomic mass is 10.2. The van der Waals surface area contributed by atoms with Gasteiger partial charge in [-0.05, 0) is 42.3 Å². The van der Waals surface area contributed by atoms with Crippen molar-refractivity contribution in [3.05, 3.63) is 53.1 Å². The smallest absolute Gasteiger partial charge is 0.233 e. The summed E-state index contributed by atoms with van der Waals surface area (Å²) in [4.78, 5) is 0. The Morgan fingerprint density at radius 1 is 1.09 bits per heavy atom. The molecule has 0 aliphatic heterocycles. The van der Waals surface area contributed by atoms with Gasteiger partial charge in [-0.25, -0.2) is 8.42 Å². The van der Waals surface area contributed by atoms with Crippen LogP contribution in [0.2, 0.25) is 5.02 Å². The van der Waals surface area contributed by atoms with Crippen LogP contribution in [-0.2, 0) is 16.4 Å². The van der Waals surface area contributed by atoms with Crippen molar-refractivity contribution < 1.29 is 17.9 Å². The van der Waals surface area contributed by atoms with Crippen molar-refractivity contribution in [2.75, 3.05) is 24.7 Å². The molecule has 0 fully saturated rings. The molecule has 0 saturated carbocycles. The number of sulfonamides is 1. The van der Waals surface area contributed by atoms with E-state index in [0.717, 1.165) is 5.56 Å². The molecule has 0 unspecified atom stereocenters. The van der Waals surface area contributed by atoms with Gasteiger partial charge in [-0.2, -0.15) is 0 Å². The van der Waals surface area contributed by atoms with Crippen LogP contribution in [0.4, 0.5) is 5.69 Å². The molecule has 124 valence electrons. The fourth-order valence-corrected chi connectivity index (χ4v) is 3.39. The Kier molecular flexibility index (Phi) is 5.74. The number of methoxy groups -OCH3 is 2. The molecule has 5 nitrogen and oxygen atoms in total. The van der Waals surface area contributed by atoms with E-state index in [4.69, 9.17) is 21.1 Å². The molecule has 23 heavy (non-hydrogen) atoms. The van der Waals surface area contributed by atoms with Gasteiger partial charge in [0.05, 0.1) is 30.7 Å². The summed E-state index contributed by atoms with van der Waals surface area (Å²) in [6.07, 6.45) is 0.385. The van der Waals surface area contributed by atoms with E-state index in [-0.39, 0.29) is 5.75 Å². The first-order valence-electron chi connectivity index (χ1n) is 6.90. The predicted molar refractivity (Wildman–Crippen MR) is 92.1 cm³/mol. The summed E-state index contributed by atoms with van der Waals surface area (Å²) in [5, 5.41) is 0.348. The molecule has 0 amide bonds. The van der Waals surface area contributed by atoms with Crippen LogP contribution in [0.25, 0.3) is 0 Å². The van der Waals surface area contributed by atoms with Crippen LogP contribution in [-0.4, -0.2) is 28.4 Å². The number of anilines is 1. The van der Waals surface area contributed by atoms with Crippen molar-refractivity contribution in [3.8, 4) is 11.5 Å². The summed E-state index contributed by atoms with van der Waals surface area (Å²) >= 11 is 5.99. The van der Waals surface area contributed by atoms with Crippen LogP contribution in [0.5, 0.6) is 11.5 Å². The lowest BCUT2D eigenvalue weighted by Crippen LogP contribution is -2.18. The monoisotopic (exact) mass is 355 g/mol. The molecular formula is C16H18ClNO4S. The van der Waals surface area contributed by atoms with Crippen LogP contribution in [0, 0.1) is 0 Å². The largest absolute Gasteiger partial charge is 0.497 e. The highest BCUT2D eigenvalue weighted by Gasteiger charge is 2.12. The summed E-state index contributed by atoms with van der Waals surface area (Å²) in [5.74, 6) is 1.16. The molecule has 0 aliphatic rings. The van der Waals surface area contributed by atoms with Crippen molar-refractivity contribution in [3.63, 3.8) is 0 Å². The van der Waals surface area contributed by atoms with E-state index in [9.17, 15) is 8.42 Å². The number of benzene rings is 2. The van der Waals surface area contributed by atoms with Gasteiger partial charge in [-0.15, -0.1) is 0 Å². The highest BCUT2D eigenvalue weighted by molar-refractivity contribution is 7.92. The number of halogens is 1. The second kappa shape index (κ2) is 7.57. The molecular weight excluding hydrogens is 338 g/mol. The van der Waals surface area contributed by atoms with Crippen LogP contribution < -0.4 is 14.2 Å². The molecule has 2 aromatic carbocycles. The molecule has 0 atom stereocenters. The van der Waals surface area contributed by atoms with Gasteiger partial charge in [0.1, 0.15) is 11.5 Å². The lowest BCUT2D eigenvalue weighted by molar-refractivity contribution is 0.414. The Bertz CT molecular complexity index is 777. The van der Waals surface area contributed by atoms with Gasteiger partial charge in [0, 0.05) is 0 Å². The fourth-order valence-electron chi connectivity index (χ4n) is 2.04. The van der Waals surface area contributed by atoms with Gasteiger partial charge in [0.2, 0.25) is 10.0 Å². The van der Waals surface area contributed by atoms with E-state index in [0.29, 0.717) is 28.6 Å². The first-order chi connectivity index (χ1) is 10.9. The Labute approximate surface area is 141 Å². The maximum Gasteiger partial charge on any atom is 0.233 e. The van der Waals surface area contributed by atoms with E-state index >= 15 is 0 Å². The summed E-state index contributed by atoms with van der Waals surface area (Å²) < 4.78 is 37.0. The van der Waals surface area contributed by atoms with E-state index in [1.54, 1.807) is 19.2 Å². The Morgan fingerprint density at radius 2 is 1.87 bits per heavy atom. The summed E-state index contributed by atoms with van der Waals surface area (Å²) in [7, 11) is -0.406. The van der Waals surface area contributed by atoms with Gasteiger partial charge >= 0.3 is 0 Å². The summed E-state index contributed by atoms with van der Waals surface area (Å²) in [6.45, 7) is 0. The first kappa shape index (κ1) is 17.4. The maximum atomic E-state index is 12.2. The summed E-state index contributed by atoms with van der Waals surface area (Å²) in [6, 6.07) is 12.1. The molecule has 0 spiro atoms. The van der Waals surface area contributed by atoms with E-state index in [1.165, 1.54) is 13.2 Å². The minimum Gasteiger partial charge on any atom is -0.497 e. The van der Waals surface area contributed by atoms with Crippen LogP contribution >= 0.6 is 11.6 Å². The van der Waals surface area contributed by atoms with Gasteiger partial charge in [-0.3, -0.25) is 4.72 Å². The van der Waals surface area contributed by atoms with Crippen LogP contribution in [0.15, 0.2) is 42.5 Å². The van der Waals surface area contributed by atoms with E-state index in [1.807, 2.05) is 24.3 Å².